The number of benzene rings is 2. The molecule has 3 N–H and O–H groups in total. The Kier molecular flexibility index (Phi) is 4.93. The number of rotatable bonds is 4. The molecule has 0 heterocycles. The second kappa shape index (κ2) is 6.90. The Morgan fingerprint density at radius 2 is 1.58 bits per heavy atom. The summed E-state index contributed by atoms with van der Waals surface area (Å²) < 4.78 is 40.2. The molecule has 0 unspecified atom stereocenters. The highest BCUT2D eigenvalue weighted by molar-refractivity contribution is 6.00. The number of carbonyl (C=O) groups excluding carboxylic acids is 1. The molecule has 0 bridgehead atoms. The van der Waals surface area contributed by atoms with Crippen molar-refractivity contribution in [3.05, 3.63) is 54.1 Å². The molecule has 0 aromatic heterocycles. The topological polar surface area (TPSA) is 87.7 Å². The Morgan fingerprint density at radius 3 is 2.17 bits per heavy atom. The standard InChI is InChI=1S/C15H11F3N2O4/c16-15(17,18)24-12-3-1-2-11(8-12)20-14(23)19-10-6-4-9(5-7-10)13(21)22/h1-8H,(H,21,22)(H2,19,20,23). The Balaban J connectivity index is 1.99. The highest BCUT2D eigenvalue weighted by atomic mass is 19.4. The van der Waals surface area contributed by atoms with Crippen LogP contribution in [0.15, 0.2) is 48.5 Å². The van der Waals surface area contributed by atoms with Gasteiger partial charge in [0.1, 0.15) is 5.75 Å². The van der Waals surface area contributed by atoms with E-state index in [0.29, 0.717) is 5.69 Å². The third kappa shape index (κ3) is 5.20. The molecule has 9 heteroatoms. The average Bonchev–Trinajstić information content (AvgIpc) is 2.46. The maximum absolute atomic E-state index is 12.1. The Bertz CT molecular complexity index is 745. The zero-order chi connectivity index (χ0) is 17.7. The van der Waals surface area contributed by atoms with Crippen molar-refractivity contribution in [2.45, 2.75) is 6.36 Å². The first-order valence-electron chi connectivity index (χ1n) is 6.50. The zero-order valence-electron chi connectivity index (χ0n) is 11.9. The Morgan fingerprint density at radius 1 is 0.958 bits per heavy atom. The number of ether oxygens (including phenoxy) is 1. The SMILES string of the molecule is O=C(Nc1ccc(C(=O)O)cc1)Nc1cccc(OC(F)(F)F)c1. The van der Waals surface area contributed by atoms with Gasteiger partial charge in [-0.2, -0.15) is 0 Å². The number of hydrogen-bond acceptors (Lipinski definition) is 3. The second-order valence-corrected chi connectivity index (χ2v) is 4.54. The van der Waals surface area contributed by atoms with E-state index in [9.17, 15) is 22.8 Å². The summed E-state index contributed by atoms with van der Waals surface area (Å²) in [5.74, 6) is -1.57. The number of hydrogen-bond donors (Lipinski definition) is 3. The predicted octanol–water partition coefficient (Wildman–Crippen LogP) is 3.93. The van der Waals surface area contributed by atoms with E-state index >= 15 is 0 Å². The third-order valence-electron chi connectivity index (χ3n) is 2.72. The molecule has 126 valence electrons. The molecule has 0 fully saturated rings. The maximum atomic E-state index is 12.1. The van der Waals surface area contributed by atoms with Crippen LogP contribution >= 0.6 is 0 Å². The molecule has 0 aliphatic rings. The first-order valence-corrected chi connectivity index (χ1v) is 6.50. The van der Waals surface area contributed by atoms with Crippen molar-refractivity contribution in [3.8, 4) is 5.75 Å². The minimum Gasteiger partial charge on any atom is -0.478 e. The highest BCUT2D eigenvalue weighted by Gasteiger charge is 2.31. The van der Waals surface area contributed by atoms with Gasteiger partial charge in [0.25, 0.3) is 0 Å². The fraction of sp³-hybridized carbons (Fsp3) is 0.0667. The molecule has 2 aromatic carbocycles. The van der Waals surface area contributed by atoms with Crippen LogP contribution in [0.4, 0.5) is 29.3 Å². The highest BCUT2D eigenvalue weighted by Crippen LogP contribution is 2.25. The van der Waals surface area contributed by atoms with Gasteiger partial charge in [-0.1, -0.05) is 6.07 Å². The van der Waals surface area contributed by atoms with Gasteiger partial charge in [0, 0.05) is 17.4 Å². The summed E-state index contributed by atoms with van der Waals surface area (Å²) in [6.45, 7) is 0. The number of aromatic carboxylic acids is 1. The summed E-state index contributed by atoms with van der Waals surface area (Å²) in [6.07, 6.45) is -4.83. The summed E-state index contributed by atoms with van der Waals surface area (Å²) in [7, 11) is 0. The lowest BCUT2D eigenvalue weighted by Crippen LogP contribution is -2.20. The van der Waals surface area contributed by atoms with Gasteiger partial charge >= 0.3 is 18.4 Å². The first kappa shape index (κ1) is 17.1. The number of anilines is 2. The van der Waals surface area contributed by atoms with Crippen LogP contribution in [0.1, 0.15) is 10.4 Å². The van der Waals surface area contributed by atoms with E-state index in [0.717, 1.165) is 12.1 Å². The molecule has 2 amide bonds. The van der Waals surface area contributed by atoms with Crippen LogP contribution in [0.25, 0.3) is 0 Å². The Hall–Kier alpha value is -3.23. The van der Waals surface area contributed by atoms with E-state index in [1.165, 1.54) is 36.4 Å². The molecular formula is C15H11F3N2O4. The number of carboxylic acid groups (broad SMARTS) is 1. The number of alkyl halides is 3. The van der Waals surface area contributed by atoms with Crippen LogP contribution in [0.3, 0.4) is 0 Å². The molecule has 0 saturated heterocycles. The fourth-order valence-electron chi connectivity index (χ4n) is 1.76. The molecule has 6 nitrogen and oxygen atoms in total. The monoisotopic (exact) mass is 340 g/mol. The largest absolute Gasteiger partial charge is 0.573 e. The van der Waals surface area contributed by atoms with Crippen molar-refractivity contribution in [2.24, 2.45) is 0 Å². The molecule has 0 radical (unpaired) electrons. The lowest BCUT2D eigenvalue weighted by molar-refractivity contribution is -0.274. The van der Waals surface area contributed by atoms with Crippen LogP contribution in [-0.4, -0.2) is 23.5 Å². The van der Waals surface area contributed by atoms with Gasteiger partial charge in [-0.05, 0) is 36.4 Å². The van der Waals surface area contributed by atoms with Crippen LogP contribution in [-0.2, 0) is 0 Å². The van der Waals surface area contributed by atoms with Crippen molar-refractivity contribution < 1.29 is 32.6 Å². The van der Waals surface area contributed by atoms with Gasteiger partial charge in [-0.25, -0.2) is 9.59 Å². The maximum Gasteiger partial charge on any atom is 0.573 e. The number of urea groups is 1. The second-order valence-electron chi connectivity index (χ2n) is 4.54. The van der Waals surface area contributed by atoms with Crippen LogP contribution in [0.5, 0.6) is 5.75 Å². The van der Waals surface area contributed by atoms with E-state index < -0.39 is 24.1 Å². The molecule has 24 heavy (non-hydrogen) atoms. The molecule has 0 aliphatic heterocycles. The molecular weight excluding hydrogens is 329 g/mol. The number of carbonyl (C=O) groups is 2. The van der Waals surface area contributed by atoms with Gasteiger partial charge in [0.15, 0.2) is 0 Å². The summed E-state index contributed by atoms with van der Waals surface area (Å²) in [6, 6.07) is 9.45. The van der Waals surface area contributed by atoms with Crippen molar-refractivity contribution in [2.75, 3.05) is 10.6 Å². The minimum atomic E-state index is -4.83. The van der Waals surface area contributed by atoms with Gasteiger partial charge in [0.2, 0.25) is 0 Å². The molecule has 0 aliphatic carbocycles. The summed E-state index contributed by atoms with van der Waals surface area (Å²) in [5.41, 5.74) is 0.467. The van der Waals surface area contributed by atoms with Crippen LogP contribution < -0.4 is 15.4 Å². The van der Waals surface area contributed by atoms with Crippen LogP contribution in [0, 0.1) is 0 Å². The number of carboxylic acids is 1. The minimum absolute atomic E-state index is 0.0537. The van der Waals surface area contributed by atoms with E-state index in [-0.39, 0.29) is 11.3 Å². The van der Waals surface area contributed by atoms with Gasteiger partial charge < -0.3 is 20.5 Å². The van der Waals surface area contributed by atoms with Crippen molar-refractivity contribution in [1.29, 1.82) is 0 Å². The zero-order valence-corrected chi connectivity index (χ0v) is 11.9. The summed E-state index contributed by atoms with van der Waals surface area (Å²) in [4.78, 5) is 22.5. The van der Waals surface area contributed by atoms with E-state index in [2.05, 4.69) is 15.4 Å². The smallest absolute Gasteiger partial charge is 0.478 e. The van der Waals surface area contributed by atoms with E-state index in [1.807, 2.05) is 0 Å². The van der Waals surface area contributed by atoms with Gasteiger partial charge in [-0.3, -0.25) is 0 Å². The molecule has 0 spiro atoms. The predicted molar refractivity (Wildman–Crippen MR) is 79.2 cm³/mol. The number of halogens is 3. The van der Waals surface area contributed by atoms with E-state index in [1.54, 1.807) is 0 Å². The number of amides is 2. The van der Waals surface area contributed by atoms with Crippen LogP contribution in [0.2, 0.25) is 0 Å². The fourth-order valence-corrected chi connectivity index (χ4v) is 1.76. The van der Waals surface area contributed by atoms with Crippen molar-refractivity contribution in [3.63, 3.8) is 0 Å². The first-order chi connectivity index (χ1) is 11.2. The number of nitrogens with one attached hydrogen (secondary N) is 2. The molecule has 2 rings (SSSR count). The summed E-state index contributed by atoms with van der Waals surface area (Å²) >= 11 is 0. The van der Waals surface area contributed by atoms with E-state index in [4.69, 9.17) is 5.11 Å². The van der Waals surface area contributed by atoms with Gasteiger partial charge in [-0.15, -0.1) is 13.2 Å². The van der Waals surface area contributed by atoms with Crippen molar-refractivity contribution in [1.82, 2.24) is 0 Å². The molecule has 0 atom stereocenters. The lowest BCUT2D eigenvalue weighted by Gasteiger charge is -2.11. The van der Waals surface area contributed by atoms with Gasteiger partial charge in [0.05, 0.1) is 5.56 Å². The molecule has 2 aromatic rings. The Labute approximate surface area is 133 Å². The lowest BCUT2D eigenvalue weighted by atomic mass is 10.2. The third-order valence-corrected chi connectivity index (χ3v) is 2.72. The normalized spacial score (nSPS) is 10.8. The van der Waals surface area contributed by atoms with Crippen molar-refractivity contribution >= 4 is 23.4 Å². The quantitative estimate of drug-likeness (QED) is 0.787. The average molecular weight is 340 g/mol. The molecule has 0 saturated carbocycles. The summed E-state index contributed by atoms with van der Waals surface area (Å²) in [5, 5.41) is 13.5.